The Morgan fingerprint density at radius 1 is 1.50 bits per heavy atom. The van der Waals surface area contributed by atoms with Crippen molar-refractivity contribution in [2.45, 2.75) is 0 Å². The van der Waals surface area contributed by atoms with Gasteiger partial charge >= 0.3 is 0 Å². The molecule has 7 heteroatoms. The average Bonchev–Trinajstić information content (AvgIpc) is 2.48. The number of hydrazone groups is 1. The van der Waals surface area contributed by atoms with Crippen LogP contribution in [0.15, 0.2) is 34.2 Å². The van der Waals surface area contributed by atoms with Crippen LogP contribution < -0.4 is 11.0 Å². The van der Waals surface area contributed by atoms with Crippen LogP contribution in [0.25, 0.3) is 10.9 Å². The second kappa shape index (κ2) is 6.06. The van der Waals surface area contributed by atoms with E-state index in [0.717, 1.165) is 0 Å². The van der Waals surface area contributed by atoms with E-state index in [0.29, 0.717) is 15.2 Å². The van der Waals surface area contributed by atoms with E-state index in [1.165, 1.54) is 22.5 Å². The third kappa shape index (κ3) is 2.68. The fraction of sp³-hybridized carbons (Fsp3) is 0.154. The van der Waals surface area contributed by atoms with E-state index in [4.69, 9.17) is 12.2 Å². The van der Waals surface area contributed by atoms with Crippen molar-refractivity contribution in [3.05, 3.63) is 40.2 Å². The molecule has 2 N–H and O–H groups in total. The van der Waals surface area contributed by atoms with Gasteiger partial charge in [0, 0.05) is 12.4 Å². The largest absolute Gasteiger partial charge is 0.506 e. The van der Waals surface area contributed by atoms with Crippen molar-refractivity contribution in [2.75, 3.05) is 6.26 Å². The highest BCUT2D eigenvalue weighted by Gasteiger charge is 2.12. The summed E-state index contributed by atoms with van der Waals surface area (Å²) >= 11 is 6.27. The molecule has 1 aromatic heterocycles. The van der Waals surface area contributed by atoms with E-state index in [2.05, 4.69) is 10.5 Å². The molecule has 0 saturated heterocycles. The summed E-state index contributed by atoms with van der Waals surface area (Å²) in [5.74, 6) is -0.0793. The zero-order chi connectivity index (χ0) is 14.7. The third-order valence-electron chi connectivity index (χ3n) is 2.85. The molecule has 1 heterocycles. The van der Waals surface area contributed by atoms with E-state index < -0.39 is 0 Å². The zero-order valence-electron chi connectivity index (χ0n) is 11.0. The molecular formula is C13H13N3O2S2. The molecule has 2 rings (SSSR count). The molecule has 0 unspecified atom stereocenters. The van der Waals surface area contributed by atoms with Gasteiger partial charge in [-0.1, -0.05) is 36.1 Å². The summed E-state index contributed by atoms with van der Waals surface area (Å²) in [6, 6.07) is 7.14. The number of hydrogen-bond acceptors (Lipinski definition) is 5. The number of rotatable bonds is 2. The predicted octanol–water partition coefficient (Wildman–Crippen LogP) is 1.82. The summed E-state index contributed by atoms with van der Waals surface area (Å²) in [4.78, 5) is 12.2. The molecule has 20 heavy (non-hydrogen) atoms. The highest BCUT2D eigenvalue weighted by atomic mass is 32.2. The van der Waals surface area contributed by atoms with Gasteiger partial charge in [-0.15, -0.1) is 0 Å². The summed E-state index contributed by atoms with van der Waals surface area (Å²) in [5, 5.41) is 14.7. The fourth-order valence-electron chi connectivity index (χ4n) is 1.81. The zero-order valence-corrected chi connectivity index (χ0v) is 12.6. The summed E-state index contributed by atoms with van der Waals surface area (Å²) in [5.41, 5.74) is 3.08. The molecule has 2 aromatic rings. The van der Waals surface area contributed by atoms with Crippen LogP contribution in [0.3, 0.4) is 0 Å². The Hall–Kier alpha value is -1.86. The molecule has 0 spiro atoms. The molecule has 0 saturated carbocycles. The van der Waals surface area contributed by atoms with Gasteiger partial charge < -0.3 is 9.67 Å². The maximum atomic E-state index is 12.2. The summed E-state index contributed by atoms with van der Waals surface area (Å²) in [6.07, 6.45) is 3.10. The molecule has 0 bridgehead atoms. The van der Waals surface area contributed by atoms with E-state index >= 15 is 0 Å². The van der Waals surface area contributed by atoms with Gasteiger partial charge in [-0.2, -0.15) is 5.10 Å². The van der Waals surface area contributed by atoms with Gasteiger partial charge in [0.25, 0.3) is 5.56 Å². The lowest BCUT2D eigenvalue weighted by molar-refractivity contribution is 0.478. The number of para-hydroxylation sites is 1. The molecule has 1 aromatic carbocycles. The number of pyridine rings is 1. The minimum atomic E-state index is -0.318. The maximum Gasteiger partial charge on any atom is 0.263 e. The van der Waals surface area contributed by atoms with Crippen molar-refractivity contribution in [3.8, 4) is 5.75 Å². The number of hydrogen-bond donors (Lipinski definition) is 2. The van der Waals surface area contributed by atoms with Gasteiger partial charge in [0.15, 0.2) is 4.32 Å². The first kappa shape index (κ1) is 14.5. The van der Waals surface area contributed by atoms with Crippen LogP contribution in [-0.4, -0.2) is 26.5 Å². The van der Waals surface area contributed by atoms with E-state index in [9.17, 15) is 9.90 Å². The van der Waals surface area contributed by atoms with Crippen LogP contribution in [0.2, 0.25) is 0 Å². The van der Waals surface area contributed by atoms with E-state index in [1.54, 1.807) is 25.2 Å². The molecule has 0 atom stereocenters. The number of nitrogens with one attached hydrogen (secondary N) is 1. The number of thioether (sulfide) groups is 1. The molecule has 0 fully saturated rings. The van der Waals surface area contributed by atoms with Crippen LogP contribution in [0.4, 0.5) is 0 Å². The van der Waals surface area contributed by atoms with Crippen LogP contribution in [0.1, 0.15) is 5.56 Å². The quantitative estimate of drug-likeness (QED) is 0.503. The highest BCUT2D eigenvalue weighted by molar-refractivity contribution is 8.22. The number of aromatic hydroxyl groups is 1. The lowest BCUT2D eigenvalue weighted by Crippen LogP contribution is -2.22. The average molecular weight is 307 g/mol. The van der Waals surface area contributed by atoms with Gasteiger partial charge in [0.05, 0.1) is 11.7 Å². The first-order chi connectivity index (χ1) is 9.56. The Balaban J connectivity index is 2.54. The SMILES string of the molecule is CSC(=S)NN=Cc1c(O)c2ccccc2n(C)c1=O. The lowest BCUT2D eigenvalue weighted by atomic mass is 10.1. The normalized spacial score (nSPS) is 11.1. The maximum absolute atomic E-state index is 12.2. The Morgan fingerprint density at radius 3 is 2.90 bits per heavy atom. The fourth-order valence-corrected chi connectivity index (χ4v) is 2.01. The van der Waals surface area contributed by atoms with Crippen molar-refractivity contribution in [1.29, 1.82) is 0 Å². The molecule has 0 aliphatic heterocycles. The topological polar surface area (TPSA) is 66.6 Å². The molecule has 5 nitrogen and oxygen atoms in total. The number of nitrogens with zero attached hydrogens (tertiary/aromatic N) is 2. The Bertz CT molecular complexity index is 753. The summed E-state index contributed by atoms with van der Waals surface area (Å²) in [6.45, 7) is 0. The predicted molar refractivity (Wildman–Crippen MR) is 87.7 cm³/mol. The van der Waals surface area contributed by atoms with Crippen LogP contribution in [0.5, 0.6) is 5.75 Å². The number of aryl methyl sites for hydroxylation is 1. The standard InChI is InChI=1S/C13H13N3O2S2/c1-16-10-6-4-3-5-8(10)11(17)9(12(16)18)7-14-15-13(19)20-2/h3-7,17H,1-2H3,(H,15,19). The van der Waals surface area contributed by atoms with Crippen molar-refractivity contribution >= 4 is 45.4 Å². The molecular weight excluding hydrogens is 294 g/mol. The summed E-state index contributed by atoms with van der Waals surface area (Å²) in [7, 11) is 1.65. The molecule has 0 amide bonds. The minimum Gasteiger partial charge on any atom is -0.506 e. The van der Waals surface area contributed by atoms with Crippen LogP contribution >= 0.6 is 24.0 Å². The van der Waals surface area contributed by atoms with Crippen LogP contribution in [-0.2, 0) is 7.05 Å². The van der Waals surface area contributed by atoms with Gasteiger partial charge in [0.2, 0.25) is 0 Å². The third-order valence-corrected chi connectivity index (χ3v) is 3.90. The summed E-state index contributed by atoms with van der Waals surface area (Å²) < 4.78 is 1.96. The number of aromatic nitrogens is 1. The minimum absolute atomic E-state index is 0.0793. The van der Waals surface area contributed by atoms with Crippen molar-refractivity contribution < 1.29 is 5.11 Å². The molecule has 0 aliphatic rings. The molecule has 0 radical (unpaired) electrons. The lowest BCUT2D eigenvalue weighted by Gasteiger charge is -2.09. The number of fused-ring (bicyclic) bond motifs is 1. The van der Waals surface area contributed by atoms with E-state index in [1.807, 2.05) is 12.3 Å². The molecule has 0 aliphatic carbocycles. The van der Waals surface area contributed by atoms with Gasteiger partial charge in [-0.05, 0) is 18.4 Å². The van der Waals surface area contributed by atoms with Gasteiger partial charge in [-0.3, -0.25) is 10.2 Å². The highest BCUT2D eigenvalue weighted by Crippen LogP contribution is 2.24. The Kier molecular flexibility index (Phi) is 4.41. The van der Waals surface area contributed by atoms with Crippen molar-refractivity contribution in [3.63, 3.8) is 0 Å². The Morgan fingerprint density at radius 2 is 2.20 bits per heavy atom. The number of thiocarbonyl (C=S) groups is 1. The van der Waals surface area contributed by atoms with Crippen LogP contribution in [0, 0.1) is 0 Å². The smallest absolute Gasteiger partial charge is 0.263 e. The van der Waals surface area contributed by atoms with Gasteiger partial charge in [0.1, 0.15) is 11.3 Å². The van der Waals surface area contributed by atoms with Crippen molar-refractivity contribution in [1.82, 2.24) is 9.99 Å². The van der Waals surface area contributed by atoms with Crippen molar-refractivity contribution in [2.24, 2.45) is 12.1 Å². The van der Waals surface area contributed by atoms with E-state index in [-0.39, 0.29) is 16.9 Å². The number of benzene rings is 1. The monoisotopic (exact) mass is 307 g/mol. The second-order valence-electron chi connectivity index (χ2n) is 4.01. The second-order valence-corrected chi connectivity index (χ2v) is 5.49. The first-order valence-electron chi connectivity index (χ1n) is 5.74. The van der Waals surface area contributed by atoms with Gasteiger partial charge in [-0.25, -0.2) is 0 Å². The Labute approximate surface area is 125 Å². The first-order valence-corrected chi connectivity index (χ1v) is 7.37. The molecule has 104 valence electrons.